The van der Waals surface area contributed by atoms with Gasteiger partial charge in [0.15, 0.2) is 10.3 Å². The first-order valence-electron chi connectivity index (χ1n) is 18.6. The molecule has 0 fully saturated rings. The Labute approximate surface area is 329 Å². The monoisotopic (exact) mass is 756 g/mol. The van der Waals surface area contributed by atoms with E-state index < -0.39 is 0 Å². The molecule has 0 spiro atoms. The molecule has 272 valence electrons. The second-order valence-corrected chi connectivity index (χ2v) is 15.9. The maximum atomic E-state index is 4.71. The van der Waals surface area contributed by atoms with Crippen LogP contribution in [0.3, 0.4) is 0 Å². The standard InChI is InChI=1S/C23H20N4S.C22H20N4S/c1-17(19-8-4-9-21(14-19)27-12-5-11-25-27)22-15-24-23(28-22)26-13-10-18-6-2-3-7-20(18)16-26;1-2-7-19-16-25(12-9-18(19)6-1)22-23-15-21(27-22)14-17-5-3-8-20(13-17)26-11-4-10-24-26/h2-9,11-12,14-15H,1,10,13,16H2;1-8,10-11,13,15H,9,12,14,16H2. The molecule has 10 heteroatoms. The van der Waals surface area contributed by atoms with Gasteiger partial charge in [0.1, 0.15) is 0 Å². The summed E-state index contributed by atoms with van der Waals surface area (Å²) in [6.07, 6.45) is 14.5. The molecule has 2 aliphatic rings. The quantitative estimate of drug-likeness (QED) is 0.154. The SMILES string of the molecule is C=C(c1cccc(-n2cccn2)c1)c1cnc(N2CCc3ccccc3C2)s1.c1cc(Cc2cnc(N3CCc4ccccc4C3)s2)cc(-n2cccn2)c1. The van der Waals surface area contributed by atoms with Gasteiger partial charge in [-0.25, -0.2) is 19.3 Å². The summed E-state index contributed by atoms with van der Waals surface area (Å²) in [6, 6.07) is 38.1. The van der Waals surface area contributed by atoms with Gasteiger partial charge in [-0.05, 0) is 88.2 Å². The van der Waals surface area contributed by atoms with Crippen molar-refractivity contribution in [2.75, 3.05) is 22.9 Å². The molecule has 2 aliphatic heterocycles. The van der Waals surface area contributed by atoms with Crippen molar-refractivity contribution >= 4 is 38.5 Å². The number of rotatable bonds is 8. The molecule has 10 rings (SSSR count). The molecular formula is C45H40N8S2. The molecule has 8 nitrogen and oxygen atoms in total. The molecule has 55 heavy (non-hydrogen) atoms. The van der Waals surface area contributed by atoms with Crippen molar-refractivity contribution in [3.05, 3.63) is 196 Å². The van der Waals surface area contributed by atoms with Crippen molar-refractivity contribution in [3.8, 4) is 11.4 Å². The Bertz CT molecular complexity index is 2530. The summed E-state index contributed by atoms with van der Waals surface area (Å²) < 4.78 is 3.76. The van der Waals surface area contributed by atoms with E-state index in [9.17, 15) is 0 Å². The molecule has 8 aromatic rings. The largest absolute Gasteiger partial charge is 0.343 e. The van der Waals surface area contributed by atoms with Crippen LogP contribution in [0.4, 0.5) is 10.3 Å². The van der Waals surface area contributed by atoms with Gasteiger partial charge in [-0.2, -0.15) is 10.2 Å². The van der Waals surface area contributed by atoms with Crippen LogP contribution >= 0.6 is 22.7 Å². The molecule has 4 aromatic carbocycles. The fourth-order valence-corrected chi connectivity index (χ4v) is 9.13. The number of fused-ring (bicyclic) bond motifs is 2. The summed E-state index contributed by atoms with van der Waals surface area (Å²) in [4.78, 5) is 16.6. The third-order valence-corrected chi connectivity index (χ3v) is 12.3. The second-order valence-electron chi connectivity index (χ2n) is 13.8. The second kappa shape index (κ2) is 15.7. The molecule has 0 aliphatic carbocycles. The van der Waals surface area contributed by atoms with Gasteiger partial charge in [-0.15, -0.1) is 11.3 Å². The van der Waals surface area contributed by atoms with Gasteiger partial charge < -0.3 is 9.80 Å². The van der Waals surface area contributed by atoms with Crippen molar-refractivity contribution in [1.82, 2.24) is 29.5 Å². The third kappa shape index (κ3) is 7.78. The van der Waals surface area contributed by atoms with Crippen LogP contribution in [-0.4, -0.2) is 42.6 Å². The van der Waals surface area contributed by atoms with Crippen LogP contribution in [0.2, 0.25) is 0 Å². The van der Waals surface area contributed by atoms with Gasteiger partial charge in [0.25, 0.3) is 0 Å². The number of aromatic nitrogens is 6. The molecule has 0 bridgehead atoms. The molecule has 0 radical (unpaired) electrons. The first-order chi connectivity index (χ1) is 27.1. The van der Waals surface area contributed by atoms with E-state index in [1.165, 1.54) is 32.7 Å². The van der Waals surface area contributed by atoms with E-state index in [4.69, 9.17) is 9.97 Å². The summed E-state index contributed by atoms with van der Waals surface area (Å²) in [7, 11) is 0. The minimum absolute atomic E-state index is 0.900. The Morgan fingerprint density at radius 1 is 0.600 bits per heavy atom. The highest BCUT2D eigenvalue weighted by molar-refractivity contribution is 7.16. The van der Waals surface area contributed by atoms with Gasteiger partial charge in [0, 0.05) is 74.7 Å². The first kappa shape index (κ1) is 34.7. The fourth-order valence-electron chi connectivity index (χ4n) is 7.23. The van der Waals surface area contributed by atoms with Crippen LogP contribution in [-0.2, 0) is 32.4 Å². The van der Waals surface area contributed by atoms with Crippen LogP contribution in [0.5, 0.6) is 0 Å². The number of nitrogens with zero attached hydrogens (tertiary/aromatic N) is 8. The number of hydrogen-bond acceptors (Lipinski definition) is 8. The molecule has 0 N–H and O–H groups in total. The average Bonchev–Trinajstić information content (AvgIpc) is 4.10. The van der Waals surface area contributed by atoms with Crippen LogP contribution in [0.15, 0.2) is 153 Å². The summed E-state index contributed by atoms with van der Waals surface area (Å²) >= 11 is 3.52. The van der Waals surface area contributed by atoms with Gasteiger partial charge in [0.2, 0.25) is 0 Å². The summed E-state index contributed by atoms with van der Waals surface area (Å²) in [5.41, 5.74) is 11.2. The summed E-state index contributed by atoms with van der Waals surface area (Å²) in [5, 5.41) is 10.8. The third-order valence-electron chi connectivity index (χ3n) is 10.2. The molecule has 0 saturated heterocycles. The zero-order valence-electron chi connectivity index (χ0n) is 30.4. The highest BCUT2D eigenvalue weighted by Crippen LogP contribution is 2.34. The Morgan fingerprint density at radius 3 is 1.82 bits per heavy atom. The van der Waals surface area contributed by atoms with Crippen LogP contribution in [0, 0.1) is 0 Å². The minimum atomic E-state index is 0.900. The van der Waals surface area contributed by atoms with Gasteiger partial charge in [-0.3, -0.25) is 0 Å². The molecule has 0 saturated carbocycles. The number of anilines is 2. The van der Waals surface area contributed by atoms with E-state index in [1.807, 2.05) is 58.4 Å². The van der Waals surface area contributed by atoms with E-state index in [-0.39, 0.29) is 0 Å². The normalized spacial score (nSPS) is 13.5. The topological polar surface area (TPSA) is 67.9 Å². The Balaban J connectivity index is 0.000000144. The van der Waals surface area contributed by atoms with Crippen LogP contribution in [0.25, 0.3) is 16.9 Å². The van der Waals surface area contributed by atoms with Crippen molar-refractivity contribution in [2.45, 2.75) is 32.4 Å². The zero-order chi connectivity index (χ0) is 37.0. The van der Waals surface area contributed by atoms with E-state index >= 15 is 0 Å². The smallest absolute Gasteiger partial charge is 0.186 e. The summed E-state index contributed by atoms with van der Waals surface area (Å²) in [5.74, 6) is 0. The van der Waals surface area contributed by atoms with Gasteiger partial charge >= 0.3 is 0 Å². The molecule has 0 unspecified atom stereocenters. The Morgan fingerprint density at radius 2 is 1.18 bits per heavy atom. The lowest BCUT2D eigenvalue weighted by Crippen LogP contribution is -2.30. The minimum Gasteiger partial charge on any atom is -0.343 e. The average molecular weight is 757 g/mol. The Hall–Kier alpha value is -6.10. The lowest BCUT2D eigenvalue weighted by molar-refractivity contribution is 0.729. The molecular weight excluding hydrogens is 717 g/mol. The van der Waals surface area contributed by atoms with Crippen molar-refractivity contribution in [2.24, 2.45) is 0 Å². The summed E-state index contributed by atoms with van der Waals surface area (Å²) in [6.45, 7) is 8.26. The molecule has 4 aromatic heterocycles. The van der Waals surface area contributed by atoms with Gasteiger partial charge in [-0.1, -0.05) is 90.7 Å². The van der Waals surface area contributed by atoms with E-state index in [0.29, 0.717) is 0 Å². The predicted octanol–water partition coefficient (Wildman–Crippen LogP) is 9.44. The molecule has 6 heterocycles. The van der Waals surface area contributed by atoms with Gasteiger partial charge in [0.05, 0.1) is 16.3 Å². The van der Waals surface area contributed by atoms with E-state index in [1.54, 1.807) is 35.1 Å². The maximum Gasteiger partial charge on any atom is 0.186 e. The van der Waals surface area contributed by atoms with Crippen LogP contribution in [0.1, 0.15) is 43.1 Å². The zero-order valence-corrected chi connectivity index (χ0v) is 32.0. The highest BCUT2D eigenvalue weighted by Gasteiger charge is 2.20. The highest BCUT2D eigenvalue weighted by atomic mass is 32.1. The first-order valence-corrected chi connectivity index (χ1v) is 20.2. The molecule has 0 amide bonds. The van der Waals surface area contributed by atoms with Crippen molar-refractivity contribution in [3.63, 3.8) is 0 Å². The van der Waals surface area contributed by atoms with Crippen LogP contribution < -0.4 is 9.80 Å². The number of thiazole rings is 2. The Kier molecular flexibility index (Phi) is 9.90. The number of hydrogen-bond donors (Lipinski definition) is 0. The lowest BCUT2D eigenvalue weighted by atomic mass is 10.0. The molecule has 0 atom stereocenters. The van der Waals surface area contributed by atoms with Crippen molar-refractivity contribution in [1.29, 1.82) is 0 Å². The predicted molar refractivity (Wildman–Crippen MR) is 225 cm³/mol. The number of benzene rings is 4. The van der Waals surface area contributed by atoms with E-state index in [2.05, 4.69) is 112 Å². The maximum absolute atomic E-state index is 4.71. The fraction of sp³-hybridized carbons (Fsp3) is 0.156. The van der Waals surface area contributed by atoms with E-state index in [0.717, 1.165) is 83.1 Å². The van der Waals surface area contributed by atoms with Crippen molar-refractivity contribution < 1.29 is 0 Å². The lowest BCUT2D eigenvalue weighted by Gasteiger charge is -2.28.